The van der Waals surface area contributed by atoms with E-state index in [4.69, 9.17) is 4.74 Å². The number of rotatable bonds is 6. The van der Waals surface area contributed by atoms with Crippen molar-refractivity contribution < 1.29 is 23.8 Å². The number of aliphatic carboxylic acids is 1. The second-order valence-corrected chi connectivity index (χ2v) is 7.89. The Kier molecular flexibility index (Phi) is 5.46. The van der Waals surface area contributed by atoms with Gasteiger partial charge in [0.05, 0.1) is 0 Å². The molecule has 5 nitrogen and oxygen atoms in total. The summed E-state index contributed by atoms with van der Waals surface area (Å²) >= 11 is 0. The minimum atomic E-state index is -1.60. The summed E-state index contributed by atoms with van der Waals surface area (Å²) in [5, 5.41) is 12.2. The standard InChI is InChI=1S/C25H22FNO4/c1-25(23(28)29,14-16-10-12-17(26)13-11-16)27-24(30)31-15-22-20-8-4-2-6-18(20)19-7-3-5-9-21(19)22/h2-13,22H,14-15H2,1H3,(H,27,30)(H,28,29)/t25-/m0/s1. The molecule has 31 heavy (non-hydrogen) atoms. The number of amides is 1. The molecular formula is C25H22FNO4. The summed E-state index contributed by atoms with van der Waals surface area (Å²) in [5.74, 6) is -1.73. The largest absolute Gasteiger partial charge is 0.480 e. The molecule has 0 saturated carbocycles. The molecule has 6 heteroatoms. The monoisotopic (exact) mass is 419 g/mol. The summed E-state index contributed by atoms with van der Waals surface area (Å²) in [6, 6.07) is 21.4. The molecule has 1 amide bonds. The molecule has 1 aliphatic rings. The van der Waals surface area contributed by atoms with Crippen LogP contribution in [0.2, 0.25) is 0 Å². The zero-order valence-electron chi connectivity index (χ0n) is 17.0. The Labute approximate surface area is 179 Å². The molecule has 3 aromatic rings. The van der Waals surface area contributed by atoms with E-state index < -0.39 is 23.4 Å². The van der Waals surface area contributed by atoms with Crippen LogP contribution in [0, 0.1) is 5.82 Å². The number of benzene rings is 3. The van der Waals surface area contributed by atoms with E-state index >= 15 is 0 Å². The van der Waals surface area contributed by atoms with Gasteiger partial charge in [-0.3, -0.25) is 0 Å². The van der Waals surface area contributed by atoms with Crippen LogP contribution in [0.25, 0.3) is 11.1 Å². The maximum absolute atomic E-state index is 13.1. The number of carbonyl (C=O) groups is 2. The first-order chi connectivity index (χ1) is 14.9. The maximum Gasteiger partial charge on any atom is 0.408 e. The molecule has 158 valence electrons. The molecule has 0 radical (unpaired) electrons. The molecular weight excluding hydrogens is 397 g/mol. The number of alkyl carbamates (subject to hydrolysis) is 1. The molecule has 0 aliphatic heterocycles. The normalized spacial score (nSPS) is 14.3. The summed E-state index contributed by atoms with van der Waals surface area (Å²) < 4.78 is 18.6. The predicted octanol–water partition coefficient (Wildman–Crippen LogP) is 4.75. The van der Waals surface area contributed by atoms with Gasteiger partial charge in [-0.1, -0.05) is 60.7 Å². The topological polar surface area (TPSA) is 75.6 Å². The van der Waals surface area contributed by atoms with E-state index in [2.05, 4.69) is 5.32 Å². The van der Waals surface area contributed by atoms with Gasteiger partial charge in [0.2, 0.25) is 0 Å². The Balaban J connectivity index is 1.47. The Morgan fingerprint density at radius 2 is 1.52 bits per heavy atom. The molecule has 4 rings (SSSR count). The van der Waals surface area contributed by atoms with Crippen molar-refractivity contribution in [3.63, 3.8) is 0 Å². The van der Waals surface area contributed by atoms with Crippen LogP contribution < -0.4 is 5.32 Å². The zero-order valence-corrected chi connectivity index (χ0v) is 17.0. The molecule has 3 aromatic carbocycles. The lowest BCUT2D eigenvalue weighted by Gasteiger charge is -2.26. The molecule has 0 aromatic heterocycles. The summed E-state index contributed by atoms with van der Waals surface area (Å²) in [7, 11) is 0. The fraction of sp³-hybridized carbons (Fsp3) is 0.200. The number of carbonyl (C=O) groups excluding carboxylic acids is 1. The van der Waals surface area contributed by atoms with Crippen molar-refractivity contribution in [3.8, 4) is 11.1 Å². The summed E-state index contributed by atoms with van der Waals surface area (Å²) in [4.78, 5) is 24.4. The van der Waals surface area contributed by atoms with Gasteiger partial charge < -0.3 is 15.2 Å². The number of fused-ring (bicyclic) bond motifs is 3. The SMILES string of the molecule is C[C@@](Cc1ccc(F)cc1)(NC(=O)OCC1c2ccccc2-c2ccccc21)C(=O)O. The highest BCUT2D eigenvalue weighted by atomic mass is 19.1. The molecule has 0 spiro atoms. The second-order valence-electron chi connectivity index (χ2n) is 7.89. The zero-order chi connectivity index (χ0) is 22.0. The van der Waals surface area contributed by atoms with Crippen molar-refractivity contribution in [1.29, 1.82) is 0 Å². The highest BCUT2D eigenvalue weighted by Crippen LogP contribution is 2.44. The third-order valence-electron chi connectivity index (χ3n) is 5.66. The third-order valence-corrected chi connectivity index (χ3v) is 5.66. The number of halogens is 1. The number of carboxylic acids is 1. The molecule has 1 aliphatic carbocycles. The molecule has 0 unspecified atom stereocenters. The quantitative estimate of drug-likeness (QED) is 0.605. The van der Waals surface area contributed by atoms with Crippen molar-refractivity contribution >= 4 is 12.1 Å². The Bertz CT molecular complexity index is 1080. The van der Waals surface area contributed by atoms with E-state index in [9.17, 15) is 19.1 Å². The van der Waals surface area contributed by atoms with Crippen LogP contribution in [0.1, 0.15) is 29.5 Å². The number of carboxylic acid groups (broad SMARTS) is 1. The molecule has 0 bridgehead atoms. The van der Waals surface area contributed by atoms with Gasteiger partial charge >= 0.3 is 12.1 Å². The van der Waals surface area contributed by atoms with Gasteiger partial charge in [0.25, 0.3) is 0 Å². The van der Waals surface area contributed by atoms with Gasteiger partial charge in [-0.15, -0.1) is 0 Å². The van der Waals surface area contributed by atoms with E-state index in [0.717, 1.165) is 22.3 Å². The fourth-order valence-corrected chi connectivity index (χ4v) is 4.04. The molecule has 1 atom stereocenters. The highest BCUT2D eigenvalue weighted by molar-refractivity contribution is 5.84. The van der Waals surface area contributed by atoms with Crippen molar-refractivity contribution in [2.45, 2.75) is 24.8 Å². The first-order valence-corrected chi connectivity index (χ1v) is 9.98. The van der Waals surface area contributed by atoms with E-state index in [0.29, 0.717) is 5.56 Å². The second kappa shape index (κ2) is 8.22. The van der Waals surface area contributed by atoms with E-state index in [1.165, 1.54) is 31.2 Å². The average Bonchev–Trinajstić information content (AvgIpc) is 3.08. The van der Waals surface area contributed by atoms with Crippen LogP contribution in [0.15, 0.2) is 72.8 Å². The fourth-order valence-electron chi connectivity index (χ4n) is 4.04. The number of hydrogen-bond acceptors (Lipinski definition) is 3. The van der Waals surface area contributed by atoms with Crippen LogP contribution in [-0.4, -0.2) is 29.3 Å². The maximum atomic E-state index is 13.1. The van der Waals surface area contributed by atoms with Gasteiger partial charge in [0.15, 0.2) is 0 Å². The Morgan fingerprint density at radius 1 is 0.968 bits per heavy atom. The van der Waals surface area contributed by atoms with Crippen LogP contribution in [0.4, 0.5) is 9.18 Å². The van der Waals surface area contributed by atoms with Crippen molar-refractivity contribution in [1.82, 2.24) is 5.32 Å². The van der Waals surface area contributed by atoms with Gasteiger partial charge in [-0.2, -0.15) is 0 Å². The molecule has 0 fully saturated rings. The molecule has 0 saturated heterocycles. The Morgan fingerprint density at radius 3 is 2.06 bits per heavy atom. The van der Waals surface area contributed by atoms with Crippen molar-refractivity contribution in [3.05, 3.63) is 95.3 Å². The smallest absolute Gasteiger partial charge is 0.408 e. The van der Waals surface area contributed by atoms with Gasteiger partial charge in [-0.25, -0.2) is 14.0 Å². The average molecular weight is 419 g/mol. The van der Waals surface area contributed by atoms with Gasteiger partial charge in [0.1, 0.15) is 18.0 Å². The highest BCUT2D eigenvalue weighted by Gasteiger charge is 2.36. The lowest BCUT2D eigenvalue weighted by atomic mass is 9.93. The minimum absolute atomic E-state index is 0.00713. The summed E-state index contributed by atoms with van der Waals surface area (Å²) in [5.41, 5.74) is 3.36. The number of hydrogen-bond donors (Lipinski definition) is 2. The summed E-state index contributed by atoms with van der Waals surface area (Å²) in [6.07, 6.45) is -0.818. The van der Waals surface area contributed by atoms with Crippen molar-refractivity contribution in [2.75, 3.05) is 6.61 Å². The van der Waals surface area contributed by atoms with Crippen LogP contribution in [0.5, 0.6) is 0 Å². The van der Waals surface area contributed by atoms with E-state index in [1.807, 2.05) is 48.5 Å². The first-order valence-electron chi connectivity index (χ1n) is 9.98. The number of nitrogens with one attached hydrogen (secondary N) is 1. The lowest BCUT2D eigenvalue weighted by molar-refractivity contribution is -0.143. The Hall–Kier alpha value is -3.67. The van der Waals surface area contributed by atoms with E-state index in [1.54, 1.807) is 0 Å². The first kappa shape index (κ1) is 20.6. The minimum Gasteiger partial charge on any atom is -0.480 e. The molecule has 2 N–H and O–H groups in total. The summed E-state index contributed by atoms with van der Waals surface area (Å²) in [6.45, 7) is 1.49. The number of ether oxygens (including phenoxy) is 1. The third kappa shape index (κ3) is 4.14. The lowest BCUT2D eigenvalue weighted by Crippen LogP contribution is -2.54. The van der Waals surface area contributed by atoms with Crippen LogP contribution in [0.3, 0.4) is 0 Å². The van der Waals surface area contributed by atoms with Crippen LogP contribution >= 0.6 is 0 Å². The van der Waals surface area contributed by atoms with Gasteiger partial charge in [0, 0.05) is 12.3 Å². The molecule has 0 heterocycles. The van der Waals surface area contributed by atoms with Crippen molar-refractivity contribution in [2.24, 2.45) is 0 Å². The van der Waals surface area contributed by atoms with E-state index in [-0.39, 0.29) is 18.9 Å². The predicted molar refractivity (Wildman–Crippen MR) is 114 cm³/mol. The van der Waals surface area contributed by atoms with Gasteiger partial charge in [-0.05, 0) is 46.9 Å². The van der Waals surface area contributed by atoms with Crippen LogP contribution in [-0.2, 0) is 16.0 Å².